The highest BCUT2D eigenvalue weighted by molar-refractivity contribution is 5.84. The number of nitrogens with one attached hydrogen (secondary N) is 1. The first-order valence-electron chi connectivity index (χ1n) is 5.56. The molecule has 0 aliphatic heterocycles. The number of aliphatic carboxylic acids is 1. The van der Waals surface area contributed by atoms with Gasteiger partial charge in [-0.05, 0) is 12.8 Å². The maximum atomic E-state index is 11.5. The summed E-state index contributed by atoms with van der Waals surface area (Å²) in [6, 6.07) is -0.730. The van der Waals surface area contributed by atoms with E-state index >= 15 is 0 Å². The first kappa shape index (κ1) is 13.9. The van der Waals surface area contributed by atoms with Crippen molar-refractivity contribution in [3.8, 4) is 0 Å². The van der Waals surface area contributed by atoms with E-state index in [9.17, 15) is 9.59 Å². The molecule has 0 saturated carbocycles. The quantitative estimate of drug-likeness (QED) is 0.680. The molecule has 2 N–H and O–H groups in total. The van der Waals surface area contributed by atoms with E-state index in [4.69, 9.17) is 5.11 Å². The molecule has 2 atom stereocenters. The Kier molecular flexibility index (Phi) is 6.75. The van der Waals surface area contributed by atoms with Gasteiger partial charge in [0.1, 0.15) is 6.04 Å². The number of carbonyl (C=O) groups is 2. The predicted octanol–water partition coefficient (Wildman–Crippen LogP) is 1.79. The molecule has 4 nitrogen and oxygen atoms in total. The summed E-state index contributed by atoms with van der Waals surface area (Å²) in [6.07, 6.45) is 2.99. The predicted molar refractivity (Wildman–Crippen MR) is 58.5 cm³/mol. The van der Waals surface area contributed by atoms with Crippen molar-refractivity contribution in [2.75, 3.05) is 0 Å². The van der Waals surface area contributed by atoms with Gasteiger partial charge in [-0.2, -0.15) is 0 Å². The van der Waals surface area contributed by atoms with Crippen molar-refractivity contribution in [3.05, 3.63) is 0 Å². The number of carbonyl (C=O) groups excluding carboxylic acids is 1. The van der Waals surface area contributed by atoms with E-state index < -0.39 is 12.0 Å². The monoisotopic (exact) mass is 215 g/mol. The van der Waals surface area contributed by atoms with Crippen LogP contribution in [0.3, 0.4) is 0 Å². The third-order valence-corrected chi connectivity index (χ3v) is 2.52. The molecule has 0 saturated heterocycles. The topological polar surface area (TPSA) is 66.4 Å². The van der Waals surface area contributed by atoms with Crippen molar-refractivity contribution < 1.29 is 14.7 Å². The molecule has 0 fully saturated rings. The van der Waals surface area contributed by atoms with Gasteiger partial charge in [-0.1, -0.05) is 33.6 Å². The Hall–Kier alpha value is -1.06. The summed E-state index contributed by atoms with van der Waals surface area (Å²) in [4.78, 5) is 22.3. The van der Waals surface area contributed by atoms with E-state index in [1.807, 2.05) is 13.8 Å². The lowest BCUT2D eigenvalue weighted by Gasteiger charge is -2.16. The molecule has 0 aromatic carbocycles. The summed E-state index contributed by atoms with van der Waals surface area (Å²) < 4.78 is 0. The van der Waals surface area contributed by atoms with E-state index in [-0.39, 0.29) is 11.8 Å². The third kappa shape index (κ3) is 5.40. The molecule has 0 bridgehead atoms. The SMILES string of the molecule is CCCCC(NC(=O)C(C)CC)C(=O)O. The third-order valence-electron chi connectivity index (χ3n) is 2.52. The molecule has 4 heteroatoms. The average molecular weight is 215 g/mol. The van der Waals surface area contributed by atoms with E-state index in [1.165, 1.54) is 0 Å². The van der Waals surface area contributed by atoms with Crippen LogP contribution in [-0.4, -0.2) is 23.0 Å². The molecule has 0 aliphatic rings. The number of carboxylic acid groups (broad SMARTS) is 1. The Morgan fingerprint density at radius 1 is 1.33 bits per heavy atom. The molecule has 1 amide bonds. The lowest BCUT2D eigenvalue weighted by molar-refractivity contribution is -0.142. The van der Waals surface area contributed by atoms with Gasteiger partial charge in [-0.3, -0.25) is 4.79 Å². The zero-order chi connectivity index (χ0) is 11.8. The first-order valence-corrected chi connectivity index (χ1v) is 5.56. The fourth-order valence-electron chi connectivity index (χ4n) is 1.17. The van der Waals surface area contributed by atoms with Crippen LogP contribution in [0.2, 0.25) is 0 Å². The number of hydrogen-bond donors (Lipinski definition) is 2. The maximum Gasteiger partial charge on any atom is 0.326 e. The highest BCUT2D eigenvalue weighted by Crippen LogP contribution is 2.05. The maximum absolute atomic E-state index is 11.5. The summed E-state index contributed by atoms with van der Waals surface area (Å²) in [5, 5.41) is 11.5. The second-order valence-electron chi connectivity index (χ2n) is 3.85. The van der Waals surface area contributed by atoms with Crippen LogP contribution in [0.5, 0.6) is 0 Å². The zero-order valence-electron chi connectivity index (χ0n) is 9.75. The van der Waals surface area contributed by atoms with Crippen LogP contribution < -0.4 is 5.32 Å². The number of unbranched alkanes of at least 4 members (excludes halogenated alkanes) is 1. The van der Waals surface area contributed by atoms with Crippen molar-refractivity contribution in [2.45, 2.75) is 52.5 Å². The minimum Gasteiger partial charge on any atom is -0.480 e. The molecular formula is C11H21NO3. The Labute approximate surface area is 91.1 Å². The van der Waals surface area contributed by atoms with Crippen LogP contribution in [0.15, 0.2) is 0 Å². The molecule has 0 aliphatic carbocycles. The molecule has 0 heterocycles. The Balaban J connectivity index is 4.16. The van der Waals surface area contributed by atoms with Gasteiger partial charge in [0.25, 0.3) is 0 Å². The highest BCUT2D eigenvalue weighted by Gasteiger charge is 2.21. The summed E-state index contributed by atoms with van der Waals surface area (Å²) in [7, 11) is 0. The van der Waals surface area contributed by atoms with Crippen LogP contribution in [0.25, 0.3) is 0 Å². The van der Waals surface area contributed by atoms with Crippen LogP contribution >= 0.6 is 0 Å². The molecule has 15 heavy (non-hydrogen) atoms. The van der Waals surface area contributed by atoms with E-state index in [0.29, 0.717) is 6.42 Å². The van der Waals surface area contributed by atoms with Crippen molar-refractivity contribution in [2.24, 2.45) is 5.92 Å². The molecule has 0 spiro atoms. The summed E-state index contributed by atoms with van der Waals surface area (Å²) >= 11 is 0. The Bertz CT molecular complexity index is 216. The van der Waals surface area contributed by atoms with Crippen LogP contribution in [0.1, 0.15) is 46.5 Å². The summed E-state index contributed by atoms with van der Waals surface area (Å²) in [5.41, 5.74) is 0. The van der Waals surface area contributed by atoms with Gasteiger partial charge in [-0.25, -0.2) is 4.79 Å². The average Bonchev–Trinajstić information content (AvgIpc) is 2.22. The van der Waals surface area contributed by atoms with Gasteiger partial charge in [0.05, 0.1) is 0 Å². The van der Waals surface area contributed by atoms with Gasteiger partial charge in [0.2, 0.25) is 5.91 Å². The minimum absolute atomic E-state index is 0.117. The van der Waals surface area contributed by atoms with Gasteiger partial charge < -0.3 is 10.4 Å². The zero-order valence-corrected chi connectivity index (χ0v) is 9.75. The summed E-state index contributed by atoms with van der Waals surface area (Å²) in [5.74, 6) is -1.23. The second-order valence-corrected chi connectivity index (χ2v) is 3.85. The standard InChI is InChI=1S/C11H21NO3/c1-4-6-7-9(11(14)15)12-10(13)8(3)5-2/h8-9H,4-7H2,1-3H3,(H,12,13)(H,14,15). The highest BCUT2D eigenvalue weighted by atomic mass is 16.4. The largest absolute Gasteiger partial charge is 0.480 e. The van der Waals surface area contributed by atoms with Crippen LogP contribution in [0.4, 0.5) is 0 Å². The molecule has 0 aromatic heterocycles. The van der Waals surface area contributed by atoms with E-state index in [0.717, 1.165) is 19.3 Å². The fourth-order valence-corrected chi connectivity index (χ4v) is 1.17. The van der Waals surface area contributed by atoms with Gasteiger partial charge >= 0.3 is 5.97 Å². The first-order chi connectivity index (χ1) is 7.02. The van der Waals surface area contributed by atoms with Crippen molar-refractivity contribution in [3.63, 3.8) is 0 Å². The fraction of sp³-hybridized carbons (Fsp3) is 0.818. The Morgan fingerprint density at radius 3 is 2.33 bits per heavy atom. The molecular weight excluding hydrogens is 194 g/mol. The van der Waals surface area contributed by atoms with E-state index in [1.54, 1.807) is 6.92 Å². The molecule has 0 rings (SSSR count). The lowest BCUT2D eigenvalue weighted by Crippen LogP contribution is -2.43. The van der Waals surface area contributed by atoms with E-state index in [2.05, 4.69) is 5.32 Å². The van der Waals surface area contributed by atoms with Gasteiger partial charge in [0, 0.05) is 5.92 Å². The summed E-state index contributed by atoms with van der Waals surface area (Å²) in [6.45, 7) is 5.70. The van der Waals surface area contributed by atoms with Crippen LogP contribution in [-0.2, 0) is 9.59 Å². The lowest BCUT2D eigenvalue weighted by atomic mass is 10.1. The molecule has 0 aromatic rings. The number of hydrogen-bond acceptors (Lipinski definition) is 2. The number of rotatable bonds is 7. The Morgan fingerprint density at radius 2 is 1.93 bits per heavy atom. The van der Waals surface area contributed by atoms with Crippen molar-refractivity contribution in [1.29, 1.82) is 0 Å². The van der Waals surface area contributed by atoms with Gasteiger partial charge in [0.15, 0.2) is 0 Å². The molecule has 2 unspecified atom stereocenters. The van der Waals surface area contributed by atoms with Crippen molar-refractivity contribution in [1.82, 2.24) is 5.32 Å². The molecule has 0 radical (unpaired) electrons. The minimum atomic E-state index is -0.944. The van der Waals surface area contributed by atoms with Crippen LogP contribution in [0, 0.1) is 5.92 Å². The smallest absolute Gasteiger partial charge is 0.326 e. The molecule has 88 valence electrons. The van der Waals surface area contributed by atoms with Crippen molar-refractivity contribution >= 4 is 11.9 Å². The normalized spacial score (nSPS) is 14.3. The second kappa shape index (κ2) is 7.26. The van der Waals surface area contributed by atoms with Gasteiger partial charge in [-0.15, -0.1) is 0 Å². The number of carboxylic acids is 1. The number of amides is 1.